The zero-order valence-electron chi connectivity index (χ0n) is 8.27. The Hall–Kier alpha value is -0.120. The Morgan fingerprint density at radius 2 is 2.33 bits per heavy atom. The van der Waals surface area contributed by atoms with E-state index < -0.39 is 0 Å². The van der Waals surface area contributed by atoms with E-state index in [0.717, 1.165) is 19.1 Å². The molecule has 0 saturated carbocycles. The maximum atomic E-state index is 3.55. The molecular formula is C9H21N3. The monoisotopic (exact) mass is 171 g/mol. The third-order valence-corrected chi connectivity index (χ3v) is 2.28. The van der Waals surface area contributed by atoms with Gasteiger partial charge in [-0.15, -0.1) is 0 Å². The number of nitrogens with zero attached hydrogens (tertiary/aromatic N) is 1. The van der Waals surface area contributed by atoms with Gasteiger partial charge in [-0.1, -0.05) is 0 Å². The molecule has 1 unspecified atom stereocenters. The maximum absolute atomic E-state index is 3.55. The molecule has 0 aromatic heterocycles. The van der Waals surface area contributed by atoms with Crippen LogP contribution in [0, 0.1) is 0 Å². The van der Waals surface area contributed by atoms with Gasteiger partial charge in [0.1, 0.15) is 0 Å². The van der Waals surface area contributed by atoms with Gasteiger partial charge in [0.25, 0.3) is 0 Å². The largest absolute Gasteiger partial charge is 0.315 e. The van der Waals surface area contributed by atoms with Gasteiger partial charge in [0.05, 0.1) is 0 Å². The molecular weight excluding hydrogens is 150 g/mol. The second kappa shape index (κ2) is 5.51. The van der Waals surface area contributed by atoms with Crippen molar-refractivity contribution >= 4 is 0 Å². The maximum Gasteiger partial charge on any atom is 0.0204 e. The topological polar surface area (TPSA) is 27.3 Å². The summed E-state index contributed by atoms with van der Waals surface area (Å²) in [5.41, 5.74) is 0. The Morgan fingerprint density at radius 1 is 1.50 bits per heavy atom. The van der Waals surface area contributed by atoms with Crippen LogP contribution in [-0.2, 0) is 0 Å². The summed E-state index contributed by atoms with van der Waals surface area (Å²) in [6, 6.07) is 0.729. The summed E-state index contributed by atoms with van der Waals surface area (Å²) in [4.78, 5) is 2.23. The van der Waals surface area contributed by atoms with Crippen molar-refractivity contribution in [2.75, 3.05) is 40.3 Å². The molecule has 1 aliphatic rings. The van der Waals surface area contributed by atoms with Gasteiger partial charge in [-0.05, 0) is 46.6 Å². The van der Waals surface area contributed by atoms with E-state index in [1.807, 2.05) is 0 Å². The second-order valence-electron chi connectivity index (χ2n) is 3.80. The summed E-state index contributed by atoms with van der Waals surface area (Å²) in [7, 11) is 4.24. The fourth-order valence-electron chi connectivity index (χ4n) is 1.53. The lowest BCUT2D eigenvalue weighted by Crippen LogP contribution is -2.32. The third-order valence-electron chi connectivity index (χ3n) is 2.28. The Bertz CT molecular complexity index is 108. The molecule has 0 radical (unpaired) electrons. The molecule has 2 N–H and O–H groups in total. The molecule has 0 aromatic rings. The van der Waals surface area contributed by atoms with E-state index in [1.165, 1.54) is 25.9 Å². The minimum Gasteiger partial charge on any atom is -0.315 e. The highest BCUT2D eigenvalue weighted by Crippen LogP contribution is 1.96. The highest BCUT2D eigenvalue weighted by Gasteiger charge is 2.12. The van der Waals surface area contributed by atoms with Gasteiger partial charge in [-0.2, -0.15) is 0 Å². The predicted octanol–water partition coefficient (Wildman–Crippen LogP) is -0.110. The predicted molar refractivity (Wildman–Crippen MR) is 52.4 cm³/mol. The average Bonchev–Trinajstić information content (AvgIpc) is 2.49. The Morgan fingerprint density at radius 3 is 2.92 bits per heavy atom. The van der Waals surface area contributed by atoms with E-state index >= 15 is 0 Å². The van der Waals surface area contributed by atoms with Gasteiger partial charge in [-0.25, -0.2) is 0 Å². The van der Waals surface area contributed by atoms with Gasteiger partial charge >= 0.3 is 0 Å². The first kappa shape index (κ1) is 9.96. The molecule has 1 saturated heterocycles. The summed E-state index contributed by atoms with van der Waals surface area (Å²) < 4.78 is 0. The standard InChI is InChI=1S/C9H21N3/c1-12(2)7-3-5-11-9-4-6-10-8-9/h9-11H,3-8H2,1-2H3. The molecule has 72 valence electrons. The smallest absolute Gasteiger partial charge is 0.0204 e. The van der Waals surface area contributed by atoms with Gasteiger partial charge < -0.3 is 15.5 Å². The van der Waals surface area contributed by atoms with Crippen LogP contribution in [0.2, 0.25) is 0 Å². The molecule has 1 atom stereocenters. The van der Waals surface area contributed by atoms with Gasteiger partial charge in [0, 0.05) is 12.6 Å². The van der Waals surface area contributed by atoms with E-state index in [-0.39, 0.29) is 0 Å². The van der Waals surface area contributed by atoms with Crippen LogP contribution >= 0.6 is 0 Å². The third kappa shape index (κ3) is 4.04. The number of hydrogen-bond donors (Lipinski definition) is 2. The van der Waals surface area contributed by atoms with Crippen LogP contribution in [0.25, 0.3) is 0 Å². The van der Waals surface area contributed by atoms with Crippen LogP contribution in [0.15, 0.2) is 0 Å². The molecule has 3 heteroatoms. The van der Waals surface area contributed by atoms with Crippen molar-refractivity contribution in [3.63, 3.8) is 0 Å². The highest BCUT2D eigenvalue weighted by atomic mass is 15.1. The van der Waals surface area contributed by atoms with Crippen LogP contribution in [-0.4, -0.2) is 51.2 Å². The van der Waals surface area contributed by atoms with E-state index in [4.69, 9.17) is 0 Å². The van der Waals surface area contributed by atoms with Crippen molar-refractivity contribution in [1.82, 2.24) is 15.5 Å². The first-order chi connectivity index (χ1) is 5.79. The Labute approximate surface area is 75.5 Å². The molecule has 0 spiro atoms. The van der Waals surface area contributed by atoms with E-state index in [1.54, 1.807) is 0 Å². The molecule has 3 nitrogen and oxygen atoms in total. The molecule has 1 heterocycles. The lowest BCUT2D eigenvalue weighted by atomic mass is 10.2. The van der Waals surface area contributed by atoms with Crippen LogP contribution in [0.1, 0.15) is 12.8 Å². The van der Waals surface area contributed by atoms with Gasteiger partial charge in [0.2, 0.25) is 0 Å². The van der Waals surface area contributed by atoms with Crippen LogP contribution in [0.5, 0.6) is 0 Å². The fourth-order valence-corrected chi connectivity index (χ4v) is 1.53. The first-order valence-corrected chi connectivity index (χ1v) is 4.88. The molecule has 0 aromatic carbocycles. The summed E-state index contributed by atoms with van der Waals surface area (Å²) in [5, 5.41) is 6.90. The Balaban J connectivity index is 1.88. The zero-order valence-corrected chi connectivity index (χ0v) is 8.27. The molecule has 0 aliphatic carbocycles. The van der Waals surface area contributed by atoms with Crippen molar-refractivity contribution in [1.29, 1.82) is 0 Å². The van der Waals surface area contributed by atoms with Crippen molar-refractivity contribution in [3.05, 3.63) is 0 Å². The first-order valence-electron chi connectivity index (χ1n) is 4.88. The summed E-state index contributed by atoms with van der Waals surface area (Å²) in [6.07, 6.45) is 2.55. The van der Waals surface area contributed by atoms with Crippen LogP contribution in [0.4, 0.5) is 0 Å². The van der Waals surface area contributed by atoms with E-state index in [2.05, 4.69) is 29.6 Å². The van der Waals surface area contributed by atoms with E-state index in [0.29, 0.717) is 0 Å². The Kier molecular flexibility index (Phi) is 4.58. The van der Waals surface area contributed by atoms with Crippen LogP contribution < -0.4 is 10.6 Å². The summed E-state index contributed by atoms with van der Waals surface area (Å²) >= 11 is 0. The van der Waals surface area contributed by atoms with Crippen LogP contribution in [0.3, 0.4) is 0 Å². The molecule has 0 bridgehead atoms. The fraction of sp³-hybridized carbons (Fsp3) is 1.00. The molecule has 1 fully saturated rings. The highest BCUT2D eigenvalue weighted by molar-refractivity contribution is 4.76. The van der Waals surface area contributed by atoms with Crippen molar-refractivity contribution < 1.29 is 0 Å². The van der Waals surface area contributed by atoms with Gasteiger partial charge in [0.15, 0.2) is 0 Å². The van der Waals surface area contributed by atoms with Crippen molar-refractivity contribution in [2.45, 2.75) is 18.9 Å². The number of rotatable bonds is 5. The SMILES string of the molecule is CN(C)CCCNC1CCNC1. The van der Waals surface area contributed by atoms with E-state index in [9.17, 15) is 0 Å². The van der Waals surface area contributed by atoms with Crippen molar-refractivity contribution in [3.8, 4) is 0 Å². The summed E-state index contributed by atoms with van der Waals surface area (Å²) in [5.74, 6) is 0. The molecule has 1 aliphatic heterocycles. The minimum atomic E-state index is 0.729. The summed E-state index contributed by atoms with van der Waals surface area (Å²) in [6.45, 7) is 4.69. The minimum absolute atomic E-state index is 0.729. The second-order valence-corrected chi connectivity index (χ2v) is 3.80. The lowest BCUT2D eigenvalue weighted by Gasteiger charge is -2.13. The van der Waals surface area contributed by atoms with Crippen molar-refractivity contribution in [2.24, 2.45) is 0 Å². The average molecular weight is 171 g/mol. The van der Waals surface area contributed by atoms with Gasteiger partial charge in [-0.3, -0.25) is 0 Å². The quantitative estimate of drug-likeness (QED) is 0.565. The number of hydrogen-bond acceptors (Lipinski definition) is 3. The molecule has 12 heavy (non-hydrogen) atoms. The number of nitrogens with one attached hydrogen (secondary N) is 2. The lowest BCUT2D eigenvalue weighted by molar-refractivity contribution is 0.388. The molecule has 1 rings (SSSR count). The molecule has 0 amide bonds. The normalized spacial score (nSPS) is 23.8. The zero-order chi connectivity index (χ0) is 8.81.